The van der Waals surface area contributed by atoms with Crippen molar-refractivity contribution in [2.45, 2.75) is 25.5 Å². The minimum atomic E-state index is -0.951. The van der Waals surface area contributed by atoms with Crippen LogP contribution in [0.5, 0.6) is 11.5 Å². The number of hydrogen-bond donors (Lipinski definition) is 1. The molecule has 0 aliphatic carbocycles. The molecule has 5 rings (SSSR count). The molecule has 2 heterocycles. The van der Waals surface area contributed by atoms with Gasteiger partial charge in [-0.15, -0.1) is 0 Å². The Morgan fingerprint density at radius 1 is 0.939 bits per heavy atom. The Morgan fingerprint density at radius 3 is 2.33 bits per heavy atom. The number of rotatable bonds is 5. The molecule has 1 N–H and O–H groups in total. The Labute approximate surface area is 191 Å². The molecule has 3 aromatic carbocycles. The number of anilines is 2. The first-order valence-electron chi connectivity index (χ1n) is 10.9. The van der Waals surface area contributed by atoms with Gasteiger partial charge in [-0.1, -0.05) is 43.3 Å². The molecule has 0 radical (unpaired) electrons. The molecule has 2 amide bonds. The maximum atomic E-state index is 13.7. The number of carbonyl (C=O) groups is 2. The molecule has 0 unspecified atom stereocenters. The highest BCUT2D eigenvalue weighted by Gasteiger charge is 2.60. The summed E-state index contributed by atoms with van der Waals surface area (Å²) in [5.74, 6) is -1.17. The molecule has 2 aliphatic rings. The highest BCUT2D eigenvalue weighted by Crippen LogP contribution is 2.48. The topological polar surface area (TPSA) is 79.3 Å². The summed E-state index contributed by atoms with van der Waals surface area (Å²) >= 11 is 0. The average Bonchev–Trinajstić information content (AvgIpc) is 3.36. The zero-order chi connectivity index (χ0) is 23.1. The van der Waals surface area contributed by atoms with Crippen molar-refractivity contribution in [1.82, 2.24) is 0 Å². The molecule has 0 aromatic heterocycles. The van der Waals surface area contributed by atoms with Crippen molar-refractivity contribution in [3.05, 3.63) is 83.9 Å². The van der Waals surface area contributed by atoms with Crippen LogP contribution in [0.1, 0.15) is 24.1 Å². The normalized spacial score (nSPS) is 22.1. The number of methoxy groups -OCH3 is 1. The number of carbonyl (C=O) groups excluding carboxylic acids is 2. The van der Waals surface area contributed by atoms with Gasteiger partial charge in [0.1, 0.15) is 5.92 Å². The molecule has 0 spiro atoms. The van der Waals surface area contributed by atoms with E-state index in [1.165, 1.54) is 18.1 Å². The fraction of sp³-hybridized carbons (Fsp3) is 0.231. The van der Waals surface area contributed by atoms with Gasteiger partial charge in [0.25, 0.3) is 5.91 Å². The molecule has 3 aromatic rings. The number of nitrogens with zero attached hydrogens (tertiary/aromatic N) is 2. The second-order valence-electron chi connectivity index (χ2n) is 8.12. The van der Waals surface area contributed by atoms with Gasteiger partial charge in [0.2, 0.25) is 5.91 Å². The Morgan fingerprint density at radius 2 is 1.67 bits per heavy atom. The monoisotopic (exact) mass is 444 g/mol. The van der Waals surface area contributed by atoms with Gasteiger partial charge in [-0.25, -0.2) is 9.96 Å². The maximum absolute atomic E-state index is 13.7. The summed E-state index contributed by atoms with van der Waals surface area (Å²) in [4.78, 5) is 34.4. The number of aryl methyl sites for hydroxylation is 1. The standard InChI is InChI=1S/C26H24N2O5/c1-3-16-9-12-18(13-10-16)27-25(30)22-23(17-11-14-20(29)21(15-17)32-2)28(33-24(22)26(27)31)19-7-5-4-6-8-19/h4-15,22-24,29H,3H2,1-2H3/t22-,23+,24-/m0/s1. The molecule has 7 nitrogen and oxygen atoms in total. The summed E-state index contributed by atoms with van der Waals surface area (Å²) in [5.41, 5.74) is 3.08. The van der Waals surface area contributed by atoms with Crippen LogP contribution < -0.4 is 14.7 Å². The number of fused-ring (bicyclic) bond motifs is 1. The first kappa shape index (κ1) is 21.0. The van der Waals surface area contributed by atoms with E-state index in [4.69, 9.17) is 9.57 Å². The van der Waals surface area contributed by atoms with Gasteiger partial charge in [-0.05, 0) is 53.9 Å². The Hall–Kier alpha value is -3.84. The van der Waals surface area contributed by atoms with Crippen LogP contribution in [0.2, 0.25) is 0 Å². The van der Waals surface area contributed by atoms with Crippen LogP contribution in [0.25, 0.3) is 0 Å². The number of ether oxygens (including phenoxy) is 1. The molecule has 2 aliphatic heterocycles. The number of hydrogen-bond acceptors (Lipinski definition) is 6. The summed E-state index contributed by atoms with van der Waals surface area (Å²) in [6, 6.07) is 21.1. The van der Waals surface area contributed by atoms with E-state index in [0.29, 0.717) is 11.3 Å². The molecule has 2 fully saturated rings. The summed E-state index contributed by atoms with van der Waals surface area (Å²) in [6.07, 6.45) is -0.0822. The van der Waals surface area contributed by atoms with Gasteiger partial charge < -0.3 is 9.84 Å². The van der Waals surface area contributed by atoms with E-state index >= 15 is 0 Å². The van der Waals surface area contributed by atoms with Crippen molar-refractivity contribution in [3.63, 3.8) is 0 Å². The molecule has 33 heavy (non-hydrogen) atoms. The first-order valence-corrected chi connectivity index (χ1v) is 10.9. The minimum absolute atomic E-state index is 0.00515. The van der Waals surface area contributed by atoms with Crippen molar-refractivity contribution in [2.24, 2.45) is 5.92 Å². The number of para-hydroxylation sites is 1. The lowest BCUT2D eigenvalue weighted by Crippen LogP contribution is -2.37. The number of phenolic OH excluding ortho intramolecular Hbond substituents is 1. The zero-order valence-corrected chi connectivity index (χ0v) is 18.3. The zero-order valence-electron chi connectivity index (χ0n) is 18.3. The van der Waals surface area contributed by atoms with Crippen LogP contribution in [0.4, 0.5) is 11.4 Å². The van der Waals surface area contributed by atoms with Gasteiger partial charge in [0.05, 0.1) is 24.5 Å². The molecule has 2 saturated heterocycles. The fourth-order valence-corrected chi connectivity index (χ4v) is 4.57. The smallest absolute Gasteiger partial charge is 0.266 e. The molecule has 0 bridgehead atoms. The third-order valence-electron chi connectivity index (χ3n) is 6.27. The van der Waals surface area contributed by atoms with Crippen LogP contribution in [-0.2, 0) is 20.8 Å². The van der Waals surface area contributed by atoms with E-state index in [1.54, 1.807) is 29.3 Å². The van der Waals surface area contributed by atoms with E-state index in [1.807, 2.05) is 49.4 Å². The second-order valence-corrected chi connectivity index (χ2v) is 8.12. The predicted molar refractivity (Wildman–Crippen MR) is 123 cm³/mol. The van der Waals surface area contributed by atoms with Gasteiger partial charge in [-0.2, -0.15) is 0 Å². The lowest BCUT2D eigenvalue weighted by atomic mass is 9.90. The third-order valence-corrected chi connectivity index (χ3v) is 6.27. The molecular formula is C26H24N2O5. The van der Waals surface area contributed by atoms with Crippen LogP contribution in [0, 0.1) is 5.92 Å². The lowest BCUT2D eigenvalue weighted by molar-refractivity contribution is -0.126. The SMILES string of the molecule is CCc1ccc(N2C(=O)[C@@H]3[C@H](ON(c4ccccc4)[C@@H]3c3ccc(O)c(OC)c3)C2=O)cc1. The molecule has 7 heteroatoms. The van der Waals surface area contributed by atoms with E-state index < -0.39 is 18.1 Å². The largest absolute Gasteiger partial charge is 0.504 e. The third kappa shape index (κ3) is 3.41. The number of aromatic hydroxyl groups is 1. The number of amides is 2. The summed E-state index contributed by atoms with van der Waals surface area (Å²) < 4.78 is 5.29. The number of hydroxylamine groups is 1. The van der Waals surface area contributed by atoms with E-state index in [9.17, 15) is 14.7 Å². The van der Waals surface area contributed by atoms with Crippen molar-refractivity contribution in [3.8, 4) is 11.5 Å². The number of benzene rings is 3. The van der Waals surface area contributed by atoms with Gasteiger partial charge in [0, 0.05) is 0 Å². The Kier molecular flexibility index (Phi) is 5.26. The summed E-state index contributed by atoms with van der Waals surface area (Å²) in [7, 11) is 1.47. The van der Waals surface area contributed by atoms with E-state index in [0.717, 1.165) is 17.7 Å². The van der Waals surface area contributed by atoms with Gasteiger partial charge >= 0.3 is 0 Å². The highest BCUT2D eigenvalue weighted by molar-refractivity contribution is 6.23. The fourth-order valence-electron chi connectivity index (χ4n) is 4.57. The van der Waals surface area contributed by atoms with Gasteiger partial charge in [0.15, 0.2) is 17.6 Å². The van der Waals surface area contributed by atoms with Crippen LogP contribution in [-0.4, -0.2) is 30.1 Å². The van der Waals surface area contributed by atoms with Crippen molar-refractivity contribution in [1.29, 1.82) is 0 Å². The van der Waals surface area contributed by atoms with E-state index in [2.05, 4.69) is 0 Å². The minimum Gasteiger partial charge on any atom is -0.504 e. The number of imide groups is 1. The maximum Gasteiger partial charge on any atom is 0.266 e. The Bertz CT molecular complexity index is 1200. The molecule has 168 valence electrons. The van der Waals surface area contributed by atoms with Crippen LogP contribution in [0.3, 0.4) is 0 Å². The lowest BCUT2D eigenvalue weighted by Gasteiger charge is -2.29. The number of phenols is 1. The summed E-state index contributed by atoms with van der Waals surface area (Å²) in [6.45, 7) is 2.05. The Balaban J connectivity index is 1.58. The quantitative estimate of drug-likeness (QED) is 0.599. The highest BCUT2D eigenvalue weighted by atomic mass is 16.7. The predicted octanol–water partition coefficient (Wildman–Crippen LogP) is 4.01. The van der Waals surface area contributed by atoms with Crippen LogP contribution in [0.15, 0.2) is 72.8 Å². The van der Waals surface area contributed by atoms with Crippen molar-refractivity contribution in [2.75, 3.05) is 17.1 Å². The average molecular weight is 444 g/mol. The second kappa shape index (κ2) is 8.26. The molecule has 0 saturated carbocycles. The van der Waals surface area contributed by atoms with Gasteiger partial charge in [-0.3, -0.25) is 14.4 Å². The van der Waals surface area contributed by atoms with Crippen molar-refractivity contribution >= 4 is 23.2 Å². The van der Waals surface area contributed by atoms with E-state index in [-0.39, 0.29) is 23.3 Å². The molecule has 3 atom stereocenters. The first-order chi connectivity index (χ1) is 16.0. The summed E-state index contributed by atoms with van der Waals surface area (Å²) in [5, 5.41) is 11.7. The van der Waals surface area contributed by atoms with Crippen molar-refractivity contribution < 1.29 is 24.3 Å². The van der Waals surface area contributed by atoms with Crippen LogP contribution >= 0.6 is 0 Å². The molecular weight excluding hydrogens is 420 g/mol.